The van der Waals surface area contributed by atoms with Gasteiger partial charge in [0, 0.05) is 24.2 Å². The third kappa shape index (κ3) is 5.93. The smallest absolute Gasteiger partial charge is 0.297 e. The van der Waals surface area contributed by atoms with Crippen LogP contribution in [-0.2, 0) is 14.3 Å². The predicted molar refractivity (Wildman–Crippen MR) is 122 cm³/mol. The zero-order valence-corrected chi connectivity index (χ0v) is 19.5. The van der Waals surface area contributed by atoms with Gasteiger partial charge in [0.2, 0.25) is 0 Å². The molecule has 0 aliphatic carbocycles. The van der Waals surface area contributed by atoms with E-state index in [-0.39, 0.29) is 22.9 Å². The molecule has 1 amide bonds. The minimum absolute atomic E-state index is 0.00440. The molecule has 3 rings (SSSR count). The number of carbonyl (C=O) groups excluding carboxylic acids is 1. The molecule has 1 aliphatic rings. The predicted octanol–water partition coefficient (Wildman–Crippen LogP) is 3.76. The third-order valence-corrected chi connectivity index (χ3v) is 7.16. The van der Waals surface area contributed by atoms with Crippen molar-refractivity contribution in [2.75, 3.05) is 19.7 Å². The van der Waals surface area contributed by atoms with Gasteiger partial charge < -0.3 is 5.32 Å². The number of likely N-dealkylation sites (tertiary alicyclic amines) is 1. The van der Waals surface area contributed by atoms with Crippen LogP contribution < -0.4 is 5.32 Å². The normalized spacial score (nSPS) is 17.3. The van der Waals surface area contributed by atoms with Crippen LogP contribution in [-0.4, -0.2) is 50.0 Å². The molecular weight excluding hydrogens is 412 g/mol. The van der Waals surface area contributed by atoms with E-state index in [1.165, 1.54) is 0 Å². The summed E-state index contributed by atoms with van der Waals surface area (Å²) < 4.78 is 31.0. The van der Waals surface area contributed by atoms with Crippen LogP contribution in [0.15, 0.2) is 59.5 Å². The van der Waals surface area contributed by atoms with Gasteiger partial charge in [0.1, 0.15) is 0 Å². The molecule has 6 nitrogen and oxygen atoms in total. The molecule has 0 saturated carbocycles. The lowest BCUT2D eigenvalue weighted by Gasteiger charge is -2.46. The van der Waals surface area contributed by atoms with E-state index in [9.17, 15) is 13.2 Å². The van der Waals surface area contributed by atoms with Gasteiger partial charge in [-0.1, -0.05) is 35.9 Å². The number of piperidine rings is 1. The summed E-state index contributed by atoms with van der Waals surface area (Å²) in [5.74, 6) is -0.221. The van der Waals surface area contributed by atoms with E-state index in [1.807, 2.05) is 25.1 Å². The molecule has 7 heteroatoms. The average molecular weight is 445 g/mol. The fraction of sp³-hybridized carbons (Fsp3) is 0.458. The molecule has 1 fully saturated rings. The zero-order chi connectivity index (χ0) is 22.7. The molecule has 0 aromatic heterocycles. The lowest BCUT2D eigenvalue weighted by molar-refractivity contribution is 0.0392. The van der Waals surface area contributed by atoms with Gasteiger partial charge in [-0.2, -0.15) is 8.42 Å². The first-order chi connectivity index (χ1) is 14.5. The molecule has 31 heavy (non-hydrogen) atoms. The molecule has 1 aliphatic heterocycles. The molecule has 168 valence electrons. The van der Waals surface area contributed by atoms with Crippen molar-refractivity contribution in [3.63, 3.8) is 0 Å². The highest BCUT2D eigenvalue weighted by molar-refractivity contribution is 7.86. The maximum atomic E-state index is 12.9. The molecule has 1 heterocycles. The molecule has 1 saturated heterocycles. The fourth-order valence-corrected chi connectivity index (χ4v) is 4.76. The highest BCUT2D eigenvalue weighted by atomic mass is 32.2. The number of rotatable bonds is 6. The Morgan fingerprint density at radius 1 is 1.03 bits per heavy atom. The molecule has 0 unspecified atom stereocenters. The Morgan fingerprint density at radius 3 is 2.16 bits per heavy atom. The Kier molecular flexibility index (Phi) is 6.88. The minimum Gasteiger partial charge on any atom is -0.344 e. The molecule has 0 bridgehead atoms. The van der Waals surface area contributed by atoms with E-state index in [0.717, 1.165) is 18.7 Å². The lowest BCUT2D eigenvalue weighted by Crippen LogP contribution is -2.60. The number of nitrogens with zero attached hydrogens (tertiary/aromatic N) is 1. The quantitative estimate of drug-likeness (QED) is 0.687. The van der Waals surface area contributed by atoms with Gasteiger partial charge >= 0.3 is 0 Å². The third-order valence-electron chi connectivity index (χ3n) is 5.88. The summed E-state index contributed by atoms with van der Waals surface area (Å²) in [5, 5.41) is 3.10. The first-order valence-corrected chi connectivity index (χ1v) is 12.0. The van der Waals surface area contributed by atoms with E-state index in [0.29, 0.717) is 18.4 Å². The molecular formula is C24H32N2O4S. The van der Waals surface area contributed by atoms with Crippen LogP contribution in [0.1, 0.15) is 49.5 Å². The Morgan fingerprint density at radius 2 is 1.61 bits per heavy atom. The van der Waals surface area contributed by atoms with Gasteiger partial charge in [0.15, 0.2) is 0 Å². The van der Waals surface area contributed by atoms with Gasteiger partial charge in [-0.25, -0.2) is 0 Å². The largest absolute Gasteiger partial charge is 0.344 e. The number of amides is 1. The molecule has 0 atom stereocenters. The number of hydrogen-bond acceptors (Lipinski definition) is 5. The van der Waals surface area contributed by atoms with Crippen LogP contribution in [0.2, 0.25) is 0 Å². The highest BCUT2D eigenvalue weighted by Gasteiger charge is 2.40. The Hall–Kier alpha value is -2.22. The van der Waals surface area contributed by atoms with E-state index < -0.39 is 15.7 Å². The molecule has 0 spiro atoms. The van der Waals surface area contributed by atoms with Crippen molar-refractivity contribution in [1.82, 2.24) is 10.2 Å². The average Bonchev–Trinajstić information content (AvgIpc) is 2.73. The van der Waals surface area contributed by atoms with Crippen molar-refractivity contribution in [1.29, 1.82) is 0 Å². The minimum atomic E-state index is -3.92. The van der Waals surface area contributed by atoms with Crippen molar-refractivity contribution < 1.29 is 17.4 Å². The summed E-state index contributed by atoms with van der Waals surface area (Å²) in [6.45, 7) is 9.75. The lowest BCUT2D eigenvalue weighted by atomic mass is 9.86. The van der Waals surface area contributed by atoms with Crippen molar-refractivity contribution in [2.24, 2.45) is 0 Å². The maximum absolute atomic E-state index is 12.9. The van der Waals surface area contributed by atoms with Crippen molar-refractivity contribution in [3.8, 4) is 0 Å². The van der Waals surface area contributed by atoms with Crippen LogP contribution in [0.3, 0.4) is 0 Å². The van der Waals surface area contributed by atoms with E-state index in [2.05, 4.69) is 31.0 Å². The Bertz CT molecular complexity index is 988. The number of benzene rings is 2. The zero-order valence-electron chi connectivity index (χ0n) is 18.7. The fourth-order valence-electron chi connectivity index (χ4n) is 3.78. The van der Waals surface area contributed by atoms with Crippen LogP contribution >= 0.6 is 0 Å². The second-order valence-electron chi connectivity index (χ2n) is 9.29. The first kappa shape index (κ1) is 23.4. The number of aryl methyl sites for hydroxylation is 1. The van der Waals surface area contributed by atoms with Crippen molar-refractivity contribution in [3.05, 3.63) is 65.7 Å². The van der Waals surface area contributed by atoms with Crippen LogP contribution in [0, 0.1) is 6.92 Å². The monoisotopic (exact) mass is 444 g/mol. The van der Waals surface area contributed by atoms with Gasteiger partial charge in [0.05, 0.1) is 17.0 Å². The van der Waals surface area contributed by atoms with Crippen molar-refractivity contribution >= 4 is 16.0 Å². The van der Waals surface area contributed by atoms with E-state index >= 15 is 0 Å². The van der Waals surface area contributed by atoms with Gasteiger partial charge in [-0.15, -0.1) is 0 Å². The summed E-state index contributed by atoms with van der Waals surface area (Å²) in [6, 6.07) is 15.5. The first-order valence-electron chi connectivity index (χ1n) is 10.6. The van der Waals surface area contributed by atoms with Crippen LogP contribution in [0.25, 0.3) is 0 Å². The highest BCUT2D eigenvalue weighted by Crippen LogP contribution is 2.29. The molecule has 0 radical (unpaired) electrons. The van der Waals surface area contributed by atoms with Gasteiger partial charge in [0.25, 0.3) is 16.0 Å². The van der Waals surface area contributed by atoms with Crippen LogP contribution in [0.4, 0.5) is 0 Å². The maximum Gasteiger partial charge on any atom is 0.297 e. The summed E-state index contributed by atoms with van der Waals surface area (Å²) in [7, 11) is -3.92. The van der Waals surface area contributed by atoms with Gasteiger partial charge in [-0.05, 0) is 64.8 Å². The summed E-state index contributed by atoms with van der Waals surface area (Å²) >= 11 is 0. The summed E-state index contributed by atoms with van der Waals surface area (Å²) in [4.78, 5) is 15.4. The standard InChI is InChI=1S/C24H32N2O4S/c1-19-10-12-21(13-11-19)31(28,29)30-18-24(14-16-26(17-15-24)23(2,3)4)25-22(27)20-8-6-5-7-9-20/h5-13H,14-18H2,1-4H3,(H,25,27). The van der Waals surface area contributed by atoms with Crippen LogP contribution in [0.5, 0.6) is 0 Å². The number of hydrogen-bond donors (Lipinski definition) is 1. The summed E-state index contributed by atoms with van der Waals surface area (Å²) in [6.07, 6.45) is 1.21. The Balaban J connectivity index is 1.79. The van der Waals surface area contributed by atoms with E-state index in [4.69, 9.17) is 4.18 Å². The second kappa shape index (κ2) is 9.10. The SMILES string of the molecule is Cc1ccc(S(=O)(=O)OCC2(NC(=O)c3ccccc3)CCN(C(C)(C)C)CC2)cc1. The molecule has 1 N–H and O–H groups in total. The van der Waals surface area contributed by atoms with Crippen molar-refractivity contribution in [2.45, 2.75) is 56.5 Å². The summed E-state index contributed by atoms with van der Waals surface area (Å²) in [5.41, 5.74) is 0.762. The second-order valence-corrected chi connectivity index (χ2v) is 10.9. The number of carbonyl (C=O) groups is 1. The molecule has 2 aromatic carbocycles. The topological polar surface area (TPSA) is 75.7 Å². The Labute approximate surface area is 185 Å². The van der Waals surface area contributed by atoms with E-state index in [1.54, 1.807) is 36.4 Å². The number of nitrogens with one attached hydrogen (secondary N) is 1. The molecule has 2 aromatic rings. The van der Waals surface area contributed by atoms with Gasteiger partial charge in [-0.3, -0.25) is 13.9 Å².